The molecule has 2 rings (SSSR count). The van der Waals surface area contributed by atoms with Crippen LogP contribution in [0.1, 0.15) is 24.2 Å². The Morgan fingerprint density at radius 3 is 2.53 bits per heavy atom. The molecule has 5 heteroatoms. The summed E-state index contributed by atoms with van der Waals surface area (Å²) >= 11 is 0. The number of aromatic nitrogens is 1. The molecule has 2 aromatic rings. The van der Waals surface area contributed by atoms with Crippen LogP contribution in [0.5, 0.6) is 0 Å². The minimum atomic E-state index is -0.869. The molecule has 2 nitrogen and oxygen atoms in total. The van der Waals surface area contributed by atoms with Crippen molar-refractivity contribution >= 4 is 0 Å². The normalized spacial score (nSPS) is 12.4. The first-order valence-electron chi connectivity index (χ1n) is 5.85. The van der Waals surface area contributed by atoms with Crippen LogP contribution < -0.4 is 5.32 Å². The molecule has 1 aromatic heterocycles. The molecule has 1 N–H and O–H groups in total. The van der Waals surface area contributed by atoms with Gasteiger partial charge in [-0.05, 0) is 36.8 Å². The van der Waals surface area contributed by atoms with Crippen molar-refractivity contribution in [2.24, 2.45) is 0 Å². The molecule has 0 aliphatic rings. The number of nitrogens with one attached hydrogen (secondary N) is 1. The van der Waals surface area contributed by atoms with E-state index in [4.69, 9.17) is 0 Å². The zero-order valence-corrected chi connectivity index (χ0v) is 10.3. The van der Waals surface area contributed by atoms with Gasteiger partial charge in [-0.3, -0.25) is 4.98 Å². The Kier molecular flexibility index (Phi) is 4.16. The second kappa shape index (κ2) is 5.84. The Morgan fingerprint density at radius 2 is 1.89 bits per heavy atom. The van der Waals surface area contributed by atoms with Crippen LogP contribution in [0.3, 0.4) is 0 Å². The maximum Gasteiger partial charge on any atom is 0.159 e. The van der Waals surface area contributed by atoms with Crippen LogP contribution in [-0.4, -0.2) is 4.98 Å². The van der Waals surface area contributed by atoms with Gasteiger partial charge in [0, 0.05) is 12.6 Å². The summed E-state index contributed by atoms with van der Waals surface area (Å²) in [4.78, 5) is 3.95. The molecular formula is C14H13F3N2. The van der Waals surface area contributed by atoms with Crippen LogP contribution in [0.25, 0.3) is 0 Å². The van der Waals surface area contributed by atoms with Crippen molar-refractivity contribution in [1.82, 2.24) is 10.3 Å². The summed E-state index contributed by atoms with van der Waals surface area (Å²) in [5.41, 5.74) is 1.32. The molecule has 1 heterocycles. The monoisotopic (exact) mass is 266 g/mol. The van der Waals surface area contributed by atoms with E-state index in [1.807, 2.05) is 6.92 Å². The van der Waals surface area contributed by atoms with Crippen LogP contribution in [0.2, 0.25) is 0 Å². The molecule has 0 amide bonds. The molecule has 0 aliphatic carbocycles. The fourth-order valence-corrected chi connectivity index (χ4v) is 1.67. The van der Waals surface area contributed by atoms with E-state index >= 15 is 0 Å². The van der Waals surface area contributed by atoms with Gasteiger partial charge in [0.15, 0.2) is 11.6 Å². The number of benzene rings is 1. The summed E-state index contributed by atoms with van der Waals surface area (Å²) < 4.78 is 38.5. The number of halogens is 3. The Labute approximate surface area is 109 Å². The predicted octanol–water partition coefficient (Wildman–Crippen LogP) is 3.35. The largest absolute Gasteiger partial charge is 0.305 e. The highest BCUT2D eigenvalue weighted by molar-refractivity contribution is 5.18. The van der Waals surface area contributed by atoms with Gasteiger partial charge in [-0.2, -0.15) is 0 Å². The van der Waals surface area contributed by atoms with E-state index in [1.165, 1.54) is 12.1 Å². The lowest BCUT2D eigenvalue weighted by molar-refractivity contribution is 0.503. The Balaban J connectivity index is 1.98. The quantitative estimate of drug-likeness (QED) is 0.918. The maximum atomic E-state index is 13.0. The summed E-state index contributed by atoms with van der Waals surface area (Å²) in [7, 11) is 0. The van der Waals surface area contributed by atoms with Crippen molar-refractivity contribution in [3.8, 4) is 0 Å². The summed E-state index contributed by atoms with van der Waals surface area (Å²) in [6.45, 7) is 2.23. The molecule has 0 spiro atoms. The van der Waals surface area contributed by atoms with Crippen LogP contribution in [0.15, 0.2) is 36.5 Å². The maximum absolute atomic E-state index is 13.0. The number of rotatable bonds is 4. The molecule has 1 unspecified atom stereocenters. The van der Waals surface area contributed by atoms with Crippen LogP contribution in [-0.2, 0) is 6.54 Å². The van der Waals surface area contributed by atoms with Crippen molar-refractivity contribution in [3.63, 3.8) is 0 Å². The first-order valence-corrected chi connectivity index (χ1v) is 5.85. The smallest absolute Gasteiger partial charge is 0.159 e. The highest BCUT2D eigenvalue weighted by Crippen LogP contribution is 2.12. The lowest BCUT2D eigenvalue weighted by Gasteiger charge is -2.13. The number of hydrogen-bond acceptors (Lipinski definition) is 2. The van der Waals surface area contributed by atoms with Gasteiger partial charge in [0.2, 0.25) is 0 Å². The summed E-state index contributed by atoms with van der Waals surface area (Å²) in [6.07, 6.45) is 1.14. The standard InChI is InChI=1S/C14H13F3N2/c1-9(14-5-3-11(15)8-19-14)18-7-10-2-4-12(16)13(17)6-10/h2-6,8-9,18H,7H2,1H3. The first kappa shape index (κ1) is 13.5. The summed E-state index contributed by atoms with van der Waals surface area (Å²) in [6, 6.07) is 6.54. The molecule has 0 radical (unpaired) electrons. The van der Waals surface area contributed by atoms with E-state index in [-0.39, 0.29) is 6.04 Å². The predicted molar refractivity (Wildman–Crippen MR) is 65.8 cm³/mol. The van der Waals surface area contributed by atoms with Gasteiger partial charge in [0.05, 0.1) is 11.9 Å². The van der Waals surface area contributed by atoms with Gasteiger partial charge in [-0.15, -0.1) is 0 Å². The third-order valence-electron chi connectivity index (χ3n) is 2.79. The fourth-order valence-electron chi connectivity index (χ4n) is 1.67. The molecule has 0 fully saturated rings. The number of pyridine rings is 1. The van der Waals surface area contributed by atoms with Crippen molar-refractivity contribution in [2.45, 2.75) is 19.5 Å². The summed E-state index contributed by atoms with van der Waals surface area (Å²) in [5.74, 6) is -2.12. The average molecular weight is 266 g/mol. The van der Waals surface area contributed by atoms with E-state index in [1.54, 1.807) is 6.07 Å². The van der Waals surface area contributed by atoms with E-state index < -0.39 is 17.5 Å². The van der Waals surface area contributed by atoms with Crippen LogP contribution in [0, 0.1) is 17.5 Å². The number of nitrogens with zero attached hydrogens (tertiary/aromatic N) is 1. The van der Waals surface area contributed by atoms with E-state index in [9.17, 15) is 13.2 Å². The highest BCUT2D eigenvalue weighted by Gasteiger charge is 2.08. The molecule has 0 saturated heterocycles. The van der Waals surface area contributed by atoms with Crippen molar-refractivity contribution in [3.05, 3.63) is 65.2 Å². The fraction of sp³-hybridized carbons (Fsp3) is 0.214. The zero-order chi connectivity index (χ0) is 13.8. The average Bonchev–Trinajstić information content (AvgIpc) is 2.40. The third-order valence-corrected chi connectivity index (χ3v) is 2.79. The zero-order valence-electron chi connectivity index (χ0n) is 10.3. The second-order valence-electron chi connectivity index (χ2n) is 4.25. The Bertz CT molecular complexity index is 555. The Hall–Kier alpha value is -1.88. The Morgan fingerprint density at radius 1 is 1.11 bits per heavy atom. The van der Waals surface area contributed by atoms with Gasteiger partial charge < -0.3 is 5.32 Å². The lowest BCUT2D eigenvalue weighted by atomic mass is 10.1. The SMILES string of the molecule is CC(NCc1ccc(F)c(F)c1)c1ccc(F)cn1. The van der Waals surface area contributed by atoms with E-state index in [0.29, 0.717) is 17.8 Å². The van der Waals surface area contributed by atoms with Gasteiger partial charge in [0.1, 0.15) is 5.82 Å². The molecule has 0 bridgehead atoms. The minimum Gasteiger partial charge on any atom is -0.305 e. The summed E-state index contributed by atoms with van der Waals surface area (Å²) in [5, 5.41) is 3.11. The lowest BCUT2D eigenvalue weighted by Crippen LogP contribution is -2.19. The van der Waals surface area contributed by atoms with E-state index in [0.717, 1.165) is 18.3 Å². The molecule has 1 atom stereocenters. The molecular weight excluding hydrogens is 253 g/mol. The van der Waals surface area contributed by atoms with Gasteiger partial charge in [0.25, 0.3) is 0 Å². The van der Waals surface area contributed by atoms with Gasteiger partial charge >= 0.3 is 0 Å². The van der Waals surface area contributed by atoms with Crippen LogP contribution in [0.4, 0.5) is 13.2 Å². The molecule has 100 valence electrons. The van der Waals surface area contributed by atoms with Crippen molar-refractivity contribution in [2.75, 3.05) is 0 Å². The number of hydrogen-bond donors (Lipinski definition) is 1. The molecule has 19 heavy (non-hydrogen) atoms. The van der Waals surface area contributed by atoms with E-state index in [2.05, 4.69) is 10.3 Å². The third kappa shape index (κ3) is 3.54. The van der Waals surface area contributed by atoms with Gasteiger partial charge in [-0.25, -0.2) is 13.2 Å². The van der Waals surface area contributed by atoms with Gasteiger partial charge in [-0.1, -0.05) is 6.07 Å². The van der Waals surface area contributed by atoms with Crippen molar-refractivity contribution < 1.29 is 13.2 Å². The highest BCUT2D eigenvalue weighted by atomic mass is 19.2. The molecule has 0 saturated carbocycles. The first-order chi connectivity index (χ1) is 9.06. The topological polar surface area (TPSA) is 24.9 Å². The van der Waals surface area contributed by atoms with Crippen molar-refractivity contribution in [1.29, 1.82) is 0 Å². The van der Waals surface area contributed by atoms with Crippen LogP contribution >= 0.6 is 0 Å². The molecule has 0 aliphatic heterocycles. The minimum absolute atomic E-state index is 0.117. The second-order valence-corrected chi connectivity index (χ2v) is 4.25. The molecule has 1 aromatic carbocycles.